The van der Waals surface area contributed by atoms with E-state index < -0.39 is 50.6 Å². The number of methoxy groups -OCH3 is 4. The maximum Gasteiger partial charge on any atom is 0.387 e. The number of ether oxygens (including phenoxy) is 6. The minimum atomic E-state index is -4.11. The van der Waals surface area contributed by atoms with Crippen LogP contribution in [0.4, 0.5) is 23.4 Å². The number of Topliss-reactive ketones (excluding diaryl/α,β-unsaturated/α-hetero) is 2. The molecule has 86 heavy (non-hydrogen) atoms. The van der Waals surface area contributed by atoms with Crippen LogP contribution in [0.1, 0.15) is 37.5 Å². The molecule has 0 bridgehead atoms. The number of benzene rings is 6. The maximum absolute atomic E-state index is 12.6. The number of primary sulfonamides is 1. The van der Waals surface area contributed by atoms with Gasteiger partial charge >= 0.3 is 19.2 Å². The number of ketones is 2. The Balaban J connectivity index is 0.000000205. The lowest BCUT2D eigenvalue weighted by atomic mass is 10.1. The number of alkyl halides is 4. The summed E-state index contributed by atoms with van der Waals surface area (Å²) < 4.78 is 125. The summed E-state index contributed by atoms with van der Waals surface area (Å²) in [5, 5.41) is 40.8. The fraction of sp³-hybridized carbons (Fsp3) is 0.140. The molecule has 0 spiro atoms. The van der Waals surface area contributed by atoms with Gasteiger partial charge in [-0.2, -0.15) is 38.1 Å². The molecule has 8 N–H and O–H groups in total. The number of hydrogen-bond donors (Lipinski definition) is 6. The van der Waals surface area contributed by atoms with E-state index in [1.54, 1.807) is 73.8 Å². The number of aromatic amines is 3. The van der Waals surface area contributed by atoms with Gasteiger partial charge in [0.1, 0.15) is 51.6 Å². The minimum Gasteiger partial charge on any atom is -0.496 e. The zero-order valence-electron chi connectivity index (χ0n) is 45.7. The number of nitrogens with two attached hydrogens (primary N) is 2. The minimum absolute atomic E-state index is 0.111. The smallest absolute Gasteiger partial charge is 0.387 e. The van der Waals surface area contributed by atoms with Gasteiger partial charge in [-0.25, -0.2) is 26.8 Å². The molecule has 0 aliphatic carbocycles. The number of nitrogens with zero attached hydrogens (tertiary/aromatic N) is 4. The molecule has 0 unspecified atom stereocenters. The number of aromatic carboxylic acids is 1. The van der Waals surface area contributed by atoms with E-state index in [4.69, 9.17) is 40.2 Å². The van der Waals surface area contributed by atoms with E-state index in [1.165, 1.54) is 82.0 Å². The van der Waals surface area contributed by atoms with Crippen LogP contribution in [-0.4, -0.2) is 117 Å². The molecule has 6 aromatic carbocycles. The number of carboxylic acids is 1. The number of nitrogen functional groups attached to an aromatic ring is 1. The quantitative estimate of drug-likeness (QED) is 0.0324. The Morgan fingerprint density at radius 3 is 1.34 bits per heavy atom. The normalized spacial score (nSPS) is 10.6. The number of carboxylic acid groups (broad SMARTS) is 1. The first-order valence-corrected chi connectivity index (χ1v) is 27.7. The standard InChI is InChI=1S/C19H16F2N2O5S.C10H11N3O3S.C10H11N3O.C10H9NO2.C8H6F2O3/c1-27-16-8-4-2-6-12(16)14-10-18(23-22-14)29(25,26)11-15(24)13-7-3-5-9-17(13)28-19(20)21;1-16-9-5-3-2-4-7(9)8-6-10(13-12-8)17(11,14)15;1-14-9-5-3-2-4-7(9)8-6-10(11)13-12-8;1-13-10-5-3-2-4-8(10)9(12)6-7-11;9-8(10)13-6-4-2-1-3-5(6)7(11)12/h2-10,19H,11H2,1H3,(H,22,23);2-6H,1H3,(H,12,13)(H2,11,14,15);2-6H,1H3,(H3,11,12,13);2-5H,6H2,1H3;1-4,8H,(H,11,12). The predicted molar refractivity (Wildman–Crippen MR) is 305 cm³/mol. The van der Waals surface area contributed by atoms with Crippen LogP contribution in [0.2, 0.25) is 0 Å². The molecule has 23 nitrogen and oxygen atoms in total. The van der Waals surface area contributed by atoms with Gasteiger partial charge in [-0.15, -0.1) is 0 Å². The van der Waals surface area contributed by atoms with Gasteiger partial charge in [-0.3, -0.25) is 24.9 Å². The summed E-state index contributed by atoms with van der Waals surface area (Å²) in [4.78, 5) is 34.3. The highest BCUT2D eigenvalue weighted by atomic mass is 32.2. The molecule has 3 heterocycles. The number of nitrogens with one attached hydrogen (secondary N) is 3. The van der Waals surface area contributed by atoms with Gasteiger partial charge in [0.25, 0.3) is 10.0 Å². The van der Waals surface area contributed by atoms with E-state index in [0.717, 1.165) is 17.0 Å². The van der Waals surface area contributed by atoms with Crippen molar-refractivity contribution in [3.05, 3.63) is 180 Å². The first-order chi connectivity index (χ1) is 41.0. The number of sulfonamides is 1. The topological polar surface area (TPSA) is 357 Å². The lowest BCUT2D eigenvalue weighted by Gasteiger charge is -2.09. The van der Waals surface area contributed by atoms with Gasteiger partial charge in [-0.1, -0.05) is 72.8 Å². The predicted octanol–water partition coefficient (Wildman–Crippen LogP) is 9.52. The Labute approximate surface area is 489 Å². The van der Waals surface area contributed by atoms with Gasteiger partial charge in [0.15, 0.2) is 21.6 Å². The van der Waals surface area contributed by atoms with Crippen LogP contribution >= 0.6 is 0 Å². The first-order valence-electron chi connectivity index (χ1n) is 24.5. The summed E-state index contributed by atoms with van der Waals surface area (Å²) in [6, 6.07) is 45.3. The average molecular weight is 1230 g/mol. The molecule has 0 saturated heterocycles. The molecule has 0 amide bonds. The van der Waals surface area contributed by atoms with Crippen LogP contribution in [0.5, 0.6) is 34.5 Å². The third-order valence-electron chi connectivity index (χ3n) is 11.2. The summed E-state index contributed by atoms with van der Waals surface area (Å²) in [7, 11) is -1.74. The van der Waals surface area contributed by atoms with E-state index in [-0.39, 0.29) is 44.9 Å². The number of carbonyl (C=O) groups is 3. The van der Waals surface area contributed by atoms with Crippen molar-refractivity contribution in [1.82, 2.24) is 30.6 Å². The van der Waals surface area contributed by atoms with Crippen molar-refractivity contribution in [1.29, 1.82) is 5.26 Å². The summed E-state index contributed by atoms with van der Waals surface area (Å²) in [5.74, 6) is -1.13. The van der Waals surface area contributed by atoms with Crippen molar-refractivity contribution in [2.75, 3.05) is 39.9 Å². The summed E-state index contributed by atoms with van der Waals surface area (Å²) in [5.41, 5.74) is 9.32. The lowest BCUT2D eigenvalue weighted by molar-refractivity contribution is -0.0510. The van der Waals surface area contributed by atoms with Crippen LogP contribution in [0.25, 0.3) is 33.8 Å². The van der Waals surface area contributed by atoms with Crippen molar-refractivity contribution in [3.8, 4) is 74.3 Å². The second-order valence-corrected chi connectivity index (χ2v) is 20.3. The van der Waals surface area contributed by atoms with Crippen molar-refractivity contribution >= 4 is 43.2 Å². The Kier molecular flexibility index (Phi) is 24.5. The zero-order valence-corrected chi connectivity index (χ0v) is 47.3. The number of hydrogen-bond acceptors (Lipinski definition) is 18. The van der Waals surface area contributed by atoms with Crippen LogP contribution in [-0.2, 0) is 19.9 Å². The van der Waals surface area contributed by atoms with Crippen molar-refractivity contribution in [2.24, 2.45) is 5.14 Å². The number of para-hydroxylation sites is 6. The van der Waals surface area contributed by atoms with E-state index in [0.29, 0.717) is 51.1 Å². The Bertz CT molecular complexity index is 4010. The SMILES string of the molecule is COc1ccccc1-c1cc(N)n[nH]1.COc1ccccc1-c1cc(S(=O)(=O)CC(=O)c2ccccc2OC(F)F)[nH]n1.COc1ccccc1-c1cc(S(N)(=O)=O)[nH]n1.COc1ccccc1C(=O)CC#N.O=C(O)c1ccccc1OC(F)F. The van der Waals surface area contributed by atoms with E-state index in [2.05, 4.69) is 40.1 Å². The second kappa shape index (κ2) is 31.7. The molecule has 0 fully saturated rings. The number of sulfone groups is 1. The van der Waals surface area contributed by atoms with Crippen molar-refractivity contribution in [2.45, 2.75) is 29.7 Å². The van der Waals surface area contributed by atoms with Gasteiger partial charge < -0.3 is 39.3 Å². The molecule has 0 aliphatic rings. The number of carbonyl (C=O) groups excluding carboxylic acids is 2. The lowest BCUT2D eigenvalue weighted by Crippen LogP contribution is -2.18. The molecule has 0 aliphatic heterocycles. The second-order valence-electron chi connectivity index (χ2n) is 16.8. The molecule has 29 heteroatoms. The molecule has 0 atom stereocenters. The van der Waals surface area contributed by atoms with Crippen LogP contribution in [0.15, 0.2) is 174 Å². The number of halogens is 4. The number of rotatable bonds is 19. The monoisotopic (exact) mass is 1230 g/mol. The maximum atomic E-state index is 12.6. The summed E-state index contributed by atoms with van der Waals surface area (Å²) in [6.45, 7) is -6.16. The molecular formula is C57H53F4N9O14S2. The Hall–Kier alpha value is -10.6. The van der Waals surface area contributed by atoms with E-state index in [1.807, 2.05) is 42.5 Å². The van der Waals surface area contributed by atoms with Gasteiger partial charge in [0, 0.05) is 34.9 Å². The fourth-order valence-electron chi connectivity index (χ4n) is 7.35. The first kappa shape index (κ1) is 66.2. The van der Waals surface area contributed by atoms with Crippen molar-refractivity contribution < 1.29 is 82.3 Å². The fourth-order valence-corrected chi connectivity index (χ4v) is 8.93. The number of H-pyrrole nitrogens is 3. The molecule has 9 rings (SSSR count). The number of aromatic nitrogens is 6. The Morgan fingerprint density at radius 2 is 0.919 bits per heavy atom. The summed E-state index contributed by atoms with van der Waals surface area (Å²) >= 11 is 0. The molecule has 3 aromatic heterocycles. The van der Waals surface area contributed by atoms with Gasteiger partial charge in [0.2, 0.25) is 9.84 Å². The highest BCUT2D eigenvalue weighted by Crippen LogP contribution is 2.32. The molecule has 0 radical (unpaired) electrons. The van der Waals surface area contributed by atoms with Crippen LogP contribution < -0.4 is 39.3 Å². The van der Waals surface area contributed by atoms with Crippen LogP contribution in [0, 0.1) is 11.3 Å². The summed E-state index contributed by atoms with van der Waals surface area (Å²) in [6.07, 6.45) is -0.111. The number of anilines is 1. The third kappa shape index (κ3) is 19.0. The third-order valence-corrected chi connectivity index (χ3v) is 13.6. The zero-order chi connectivity index (χ0) is 63.0. The molecule has 0 saturated carbocycles. The Morgan fingerprint density at radius 1 is 0.535 bits per heavy atom. The highest BCUT2D eigenvalue weighted by molar-refractivity contribution is 7.92. The molecule has 9 aromatic rings. The van der Waals surface area contributed by atoms with E-state index in [9.17, 15) is 48.8 Å². The molecular weight excluding hydrogens is 1170 g/mol. The average Bonchev–Trinajstić information content (AvgIpc) is 2.67. The van der Waals surface area contributed by atoms with E-state index >= 15 is 0 Å². The highest BCUT2D eigenvalue weighted by Gasteiger charge is 2.26. The van der Waals surface area contributed by atoms with Gasteiger partial charge in [0.05, 0.1) is 69.1 Å². The largest absolute Gasteiger partial charge is 0.496 e. The van der Waals surface area contributed by atoms with Crippen molar-refractivity contribution in [3.63, 3.8) is 0 Å². The van der Waals surface area contributed by atoms with Crippen LogP contribution in [0.3, 0.4) is 0 Å². The number of nitriles is 1. The van der Waals surface area contributed by atoms with Gasteiger partial charge in [-0.05, 0) is 72.8 Å². The molecule has 450 valence electrons.